The molecule has 102 valence electrons. The molecule has 3 fully saturated rings. The van der Waals surface area contributed by atoms with Crippen molar-refractivity contribution in [1.82, 2.24) is 10.2 Å². The van der Waals surface area contributed by atoms with E-state index in [2.05, 4.69) is 34.7 Å². The molecule has 0 aromatic carbocycles. The molecule has 1 spiro atoms. The minimum absolute atomic E-state index is 0.124. The normalized spacial score (nSPS) is 30.1. The fourth-order valence-corrected chi connectivity index (χ4v) is 4.06. The number of carbonyl (C=O) groups is 1. The standard InChI is InChI=1S/C15H20N2OS/c1-2-14(5-6-14)10-17-12(11-4-3-9-19-11)16-15(7-8-15)13(17)18/h3-4,9,12,16H,2,5-8,10H2,1H3. The largest absolute Gasteiger partial charge is 0.320 e. The van der Waals surface area contributed by atoms with Gasteiger partial charge < -0.3 is 4.90 Å². The SMILES string of the molecule is CCC1(CN2C(=O)C3(CC3)NC2c2cccs2)CC1. The Morgan fingerprint density at radius 3 is 2.74 bits per heavy atom. The van der Waals surface area contributed by atoms with Crippen LogP contribution in [0.5, 0.6) is 0 Å². The van der Waals surface area contributed by atoms with Crippen LogP contribution in [0.25, 0.3) is 0 Å². The van der Waals surface area contributed by atoms with Crippen LogP contribution < -0.4 is 5.32 Å². The monoisotopic (exact) mass is 276 g/mol. The Morgan fingerprint density at radius 1 is 1.42 bits per heavy atom. The van der Waals surface area contributed by atoms with Crippen LogP contribution in [0.15, 0.2) is 17.5 Å². The van der Waals surface area contributed by atoms with Crippen molar-refractivity contribution in [3.63, 3.8) is 0 Å². The van der Waals surface area contributed by atoms with Crippen molar-refractivity contribution >= 4 is 17.2 Å². The number of carbonyl (C=O) groups excluding carboxylic acids is 1. The summed E-state index contributed by atoms with van der Waals surface area (Å²) in [6.07, 6.45) is 5.93. The van der Waals surface area contributed by atoms with Gasteiger partial charge in [-0.1, -0.05) is 13.0 Å². The Balaban J connectivity index is 1.63. The topological polar surface area (TPSA) is 32.3 Å². The van der Waals surface area contributed by atoms with Crippen molar-refractivity contribution in [3.8, 4) is 0 Å². The number of thiophene rings is 1. The summed E-state index contributed by atoms with van der Waals surface area (Å²) >= 11 is 1.75. The number of nitrogens with one attached hydrogen (secondary N) is 1. The molecular weight excluding hydrogens is 256 g/mol. The molecule has 1 unspecified atom stereocenters. The van der Waals surface area contributed by atoms with E-state index in [1.54, 1.807) is 11.3 Å². The fourth-order valence-electron chi connectivity index (χ4n) is 3.27. The number of nitrogens with zero attached hydrogens (tertiary/aromatic N) is 1. The van der Waals surface area contributed by atoms with E-state index in [0.29, 0.717) is 11.3 Å². The predicted molar refractivity (Wildman–Crippen MR) is 75.8 cm³/mol. The smallest absolute Gasteiger partial charge is 0.244 e. The maximum absolute atomic E-state index is 12.7. The molecule has 4 heteroatoms. The Morgan fingerprint density at radius 2 is 2.21 bits per heavy atom. The minimum Gasteiger partial charge on any atom is -0.320 e. The van der Waals surface area contributed by atoms with E-state index in [4.69, 9.17) is 0 Å². The summed E-state index contributed by atoms with van der Waals surface area (Å²) in [5.74, 6) is 0.352. The highest BCUT2D eigenvalue weighted by molar-refractivity contribution is 7.10. The lowest BCUT2D eigenvalue weighted by molar-refractivity contribution is -0.131. The molecule has 2 saturated carbocycles. The van der Waals surface area contributed by atoms with Crippen LogP contribution in [-0.2, 0) is 4.79 Å². The third-order valence-corrected chi connectivity index (χ3v) is 6.10. The van der Waals surface area contributed by atoms with Crippen LogP contribution >= 0.6 is 11.3 Å². The van der Waals surface area contributed by atoms with Gasteiger partial charge >= 0.3 is 0 Å². The van der Waals surface area contributed by atoms with Crippen LogP contribution in [0.3, 0.4) is 0 Å². The Hall–Kier alpha value is -0.870. The number of rotatable bonds is 4. The Kier molecular flexibility index (Phi) is 2.40. The summed E-state index contributed by atoms with van der Waals surface area (Å²) in [6, 6.07) is 4.23. The Bertz CT molecular complexity index is 502. The molecule has 1 saturated heterocycles. The van der Waals surface area contributed by atoms with E-state index < -0.39 is 0 Å². The third kappa shape index (κ3) is 1.77. The molecule has 3 aliphatic rings. The molecule has 1 amide bonds. The maximum atomic E-state index is 12.7. The van der Waals surface area contributed by atoms with Crippen molar-refractivity contribution < 1.29 is 4.79 Å². The highest BCUT2D eigenvalue weighted by Gasteiger charge is 2.61. The Labute approximate surface area is 118 Å². The molecular formula is C15H20N2OS. The van der Waals surface area contributed by atoms with Gasteiger partial charge in [-0.3, -0.25) is 10.1 Å². The van der Waals surface area contributed by atoms with E-state index >= 15 is 0 Å². The first-order valence-electron chi connectivity index (χ1n) is 7.30. The molecule has 1 aliphatic heterocycles. The third-order valence-electron chi connectivity index (χ3n) is 5.17. The van der Waals surface area contributed by atoms with Gasteiger partial charge in [-0.2, -0.15) is 0 Å². The van der Waals surface area contributed by atoms with E-state index in [0.717, 1.165) is 19.4 Å². The summed E-state index contributed by atoms with van der Waals surface area (Å²) in [6.45, 7) is 3.20. The average Bonchev–Trinajstić information content (AvgIpc) is 3.30. The van der Waals surface area contributed by atoms with Gasteiger partial charge in [-0.25, -0.2) is 0 Å². The van der Waals surface area contributed by atoms with Crippen molar-refractivity contribution in [3.05, 3.63) is 22.4 Å². The van der Waals surface area contributed by atoms with E-state index in [1.165, 1.54) is 24.1 Å². The molecule has 1 aromatic rings. The lowest BCUT2D eigenvalue weighted by Gasteiger charge is -2.27. The second-order valence-electron chi connectivity index (χ2n) is 6.43. The summed E-state index contributed by atoms with van der Waals surface area (Å²) in [5, 5.41) is 5.71. The van der Waals surface area contributed by atoms with Crippen molar-refractivity contribution in [2.24, 2.45) is 5.41 Å². The first-order valence-corrected chi connectivity index (χ1v) is 8.18. The van der Waals surface area contributed by atoms with Gasteiger partial charge in [-0.05, 0) is 49.0 Å². The van der Waals surface area contributed by atoms with Crippen LogP contribution in [0, 0.1) is 5.41 Å². The highest BCUT2D eigenvalue weighted by Crippen LogP contribution is 2.53. The minimum atomic E-state index is -0.196. The van der Waals surface area contributed by atoms with Crippen LogP contribution in [-0.4, -0.2) is 22.9 Å². The first-order chi connectivity index (χ1) is 9.18. The van der Waals surface area contributed by atoms with Crippen molar-refractivity contribution in [1.29, 1.82) is 0 Å². The van der Waals surface area contributed by atoms with Gasteiger partial charge in [0.15, 0.2) is 0 Å². The highest BCUT2D eigenvalue weighted by atomic mass is 32.1. The van der Waals surface area contributed by atoms with Crippen molar-refractivity contribution in [2.45, 2.75) is 50.7 Å². The molecule has 0 radical (unpaired) electrons. The molecule has 0 bridgehead atoms. The van der Waals surface area contributed by atoms with E-state index in [1.807, 2.05) is 0 Å². The molecule has 1 atom stereocenters. The van der Waals surface area contributed by atoms with Crippen LogP contribution in [0.1, 0.15) is 50.1 Å². The van der Waals surface area contributed by atoms with Crippen LogP contribution in [0.2, 0.25) is 0 Å². The molecule has 19 heavy (non-hydrogen) atoms. The van der Waals surface area contributed by atoms with E-state index in [-0.39, 0.29) is 11.7 Å². The molecule has 2 aliphatic carbocycles. The zero-order valence-electron chi connectivity index (χ0n) is 11.3. The number of hydrogen-bond donors (Lipinski definition) is 1. The molecule has 4 rings (SSSR count). The van der Waals surface area contributed by atoms with Gasteiger partial charge in [0.1, 0.15) is 11.7 Å². The summed E-state index contributed by atoms with van der Waals surface area (Å²) in [4.78, 5) is 16.1. The van der Waals surface area contributed by atoms with Gasteiger partial charge in [0.05, 0.1) is 0 Å². The predicted octanol–water partition coefficient (Wildman–Crippen LogP) is 2.90. The van der Waals surface area contributed by atoms with Gasteiger partial charge in [0, 0.05) is 11.4 Å². The molecule has 2 heterocycles. The average molecular weight is 276 g/mol. The van der Waals surface area contributed by atoms with Gasteiger partial charge in [0.25, 0.3) is 0 Å². The lowest BCUT2D eigenvalue weighted by Crippen LogP contribution is -2.36. The second-order valence-corrected chi connectivity index (χ2v) is 7.41. The number of amides is 1. The first kappa shape index (κ1) is 11.9. The summed E-state index contributed by atoms with van der Waals surface area (Å²) in [7, 11) is 0. The molecule has 3 nitrogen and oxygen atoms in total. The van der Waals surface area contributed by atoms with Crippen LogP contribution in [0.4, 0.5) is 0 Å². The lowest BCUT2D eigenvalue weighted by atomic mass is 10.0. The quantitative estimate of drug-likeness (QED) is 0.917. The zero-order valence-corrected chi connectivity index (χ0v) is 12.1. The maximum Gasteiger partial charge on any atom is 0.244 e. The molecule has 1 aromatic heterocycles. The van der Waals surface area contributed by atoms with E-state index in [9.17, 15) is 4.79 Å². The van der Waals surface area contributed by atoms with Gasteiger partial charge in [-0.15, -0.1) is 11.3 Å². The van der Waals surface area contributed by atoms with Gasteiger partial charge in [0.2, 0.25) is 5.91 Å². The number of hydrogen-bond acceptors (Lipinski definition) is 3. The van der Waals surface area contributed by atoms with Crippen molar-refractivity contribution in [2.75, 3.05) is 6.54 Å². The zero-order chi connectivity index (χ0) is 13.1. The fraction of sp³-hybridized carbons (Fsp3) is 0.667. The molecule has 1 N–H and O–H groups in total. The summed E-state index contributed by atoms with van der Waals surface area (Å²) < 4.78 is 0. The summed E-state index contributed by atoms with van der Waals surface area (Å²) in [5.41, 5.74) is 0.228. The second kappa shape index (κ2) is 3.83.